The molecule has 0 bridgehead atoms. The Balaban J connectivity index is 1.96. The number of nitrogens with one attached hydrogen (secondary N) is 1. The summed E-state index contributed by atoms with van der Waals surface area (Å²) in [5.74, 6) is -0.366. The number of rotatable bonds is 4. The van der Waals surface area contributed by atoms with Crippen molar-refractivity contribution in [3.8, 4) is 0 Å². The van der Waals surface area contributed by atoms with Gasteiger partial charge in [0.15, 0.2) is 0 Å². The van der Waals surface area contributed by atoms with E-state index in [1.54, 1.807) is 0 Å². The minimum atomic E-state index is -0.366. The van der Waals surface area contributed by atoms with Crippen molar-refractivity contribution in [1.29, 1.82) is 0 Å². The summed E-state index contributed by atoms with van der Waals surface area (Å²) >= 11 is 2.34. The number of carbonyl (C=O) groups excluding carboxylic acids is 1. The molecular weight excluding hydrogens is 381 g/mol. The van der Waals surface area contributed by atoms with Crippen LogP contribution in [0.15, 0.2) is 23.4 Å². The molecule has 6 heteroatoms. The van der Waals surface area contributed by atoms with Crippen LogP contribution < -0.4 is 5.32 Å². The van der Waals surface area contributed by atoms with Gasteiger partial charge in [0.1, 0.15) is 6.21 Å². The molecule has 0 saturated carbocycles. The van der Waals surface area contributed by atoms with Gasteiger partial charge in [-0.15, -0.1) is 0 Å². The zero-order valence-corrected chi connectivity index (χ0v) is 14.2. The molecule has 0 aliphatic carbocycles. The molecule has 1 atom stereocenters. The van der Waals surface area contributed by atoms with E-state index < -0.39 is 0 Å². The molecule has 1 amide bonds. The van der Waals surface area contributed by atoms with Crippen molar-refractivity contribution in [2.24, 2.45) is 5.16 Å². The van der Waals surface area contributed by atoms with Gasteiger partial charge in [-0.2, -0.15) is 0 Å². The van der Waals surface area contributed by atoms with Crippen molar-refractivity contribution in [3.05, 3.63) is 32.9 Å². The Kier molecular flexibility index (Phi) is 5.98. The van der Waals surface area contributed by atoms with E-state index in [2.05, 4.69) is 56.2 Å². The van der Waals surface area contributed by atoms with E-state index in [0.29, 0.717) is 0 Å². The van der Waals surface area contributed by atoms with Crippen molar-refractivity contribution < 1.29 is 10.0 Å². The quantitative estimate of drug-likeness (QED) is 0.351. The maximum atomic E-state index is 11.4. The SMILES string of the molecule is C[C@@H](CN1CCCc2ccc(I)cc2C1)NC(=O)/C=N\O. The number of carbonyl (C=O) groups is 1. The largest absolute Gasteiger partial charge is 0.411 e. The molecule has 0 radical (unpaired) electrons. The molecule has 0 unspecified atom stereocenters. The number of hydrogen-bond acceptors (Lipinski definition) is 4. The Morgan fingerprint density at radius 1 is 1.57 bits per heavy atom. The van der Waals surface area contributed by atoms with Gasteiger partial charge in [-0.25, -0.2) is 0 Å². The second kappa shape index (κ2) is 7.74. The normalized spacial score (nSPS) is 17.2. The van der Waals surface area contributed by atoms with Crippen LogP contribution >= 0.6 is 22.6 Å². The molecule has 5 nitrogen and oxygen atoms in total. The first kappa shape index (κ1) is 16.2. The summed E-state index contributed by atoms with van der Waals surface area (Å²) in [7, 11) is 0. The second-order valence-electron chi connectivity index (χ2n) is 5.41. The molecule has 1 aliphatic heterocycles. The zero-order valence-electron chi connectivity index (χ0n) is 12.1. The van der Waals surface area contributed by atoms with Gasteiger partial charge in [-0.1, -0.05) is 11.2 Å². The van der Waals surface area contributed by atoms with Crippen LogP contribution in [0, 0.1) is 3.57 Å². The minimum Gasteiger partial charge on any atom is -0.411 e. The molecule has 114 valence electrons. The minimum absolute atomic E-state index is 0.0137. The third kappa shape index (κ3) is 4.96. The van der Waals surface area contributed by atoms with E-state index in [9.17, 15) is 4.79 Å². The molecule has 0 fully saturated rings. The summed E-state index contributed by atoms with van der Waals surface area (Å²) in [6, 6.07) is 6.64. The van der Waals surface area contributed by atoms with Crippen molar-refractivity contribution in [2.75, 3.05) is 13.1 Å². The maximum Gasteiger partial charge on any atom is 0.266 e. The number of hydrogen-bond donors (Lipinski definition) is 2. The predicted octanol–water partition coefficient (Wildman–Crippen LogP) is 2.00. The maximum absolute atomic E-state index is 11.4. The molecule has 1 heterocycles. The smallest absolute Gasteiger partial charge is 0.266 e. The molecule has 2 rings (SSSR count). The van der Waals surface area contributed by atoms with Crippen LogP contribution in [-0.2, 0) is 17.8 Å². The van der Waals surface area contributed by atoms with E-state index >= 15 is 0 Å². The number of nitrogens with zero attached hydrogens (tertiary/aromatic N) is 2. The summed E-state index contributed by atoms with van der Waals surface area (Å²) in [6.07, 6.45) is 3.13. The van der Waals surface area contributed by atoms with Crippen molar-refractivity contribution >= 4 is 34.7 Å². The third-order valence-corrected chi connectivity index (χ3v) is 4.25. The Labute approximate surface area is 138 Å². The number of benzene rings is 1. The summed E-state index contributed by atoms with van der Waals surface area (Å²) < 4.78 is 1.26. The molecule has 0 aromatic heterocycles. The van der Waals surface area contributed by atoms with Gasteiger partial charge in [0.2, 0.25) is 0 Å². The summed E-state index contributed by atoms with van der Waals surface area (Å²) in [5.41, 5.74) is 2.82. The fourth-order valence-electron chi connectivity index (χ4n) is 2.72. The number of fused-ring (bicyclic) bond motifs is 1. The highest BCUT2D eigenvalue weighted by Gasteiger charge is 2.17. The lowest BCUT2D eigenvalue weighted by atomic mass is 10.0. The Hall–Kier alpha value is -1.15. The number of oxime groups is 1. The Bertz CT molecular complexity index is 534. The first-order valence-corrected chi connectivity index (χ1v) is 8.14. The number of amides is 1. The highest BCUT2D eigenvalue weighted by molar-refractivity contribution is 14.1. The zero-order chi connectivity index (χ0) is 15.2. The molecular formula is C15H20IN3O2. The van der Waals surface area contributed by atoms with Gasteiger partial charge in [-0.3, -0.25) is 9.69 Å². The fourth-order valence-corrected chi connectivity index (χ4v) is 3.28. The summed E-state index contributed by atoms with van der Waals surface area (Å²) in [6.45, 7) is 4.69. The van der Waals surface area contributed by atoms with Gasteiger partial charge >= 0.3 is 0 Å². The average Bonchev–Trinajstić information content (AvgIpc) is 2.59. The van der Waals surface area contributed by atoms with Crippen LogP contribution in [-0.4, -0.2) is 41.4 Å². The van der Waals surface area contributed by atoms with Crippen molar-refractivity contribution in [3.63, 3.8) is 0 Å². The molecule has 1 aromatic carbocycles. The molecule has 1 aliphatic rings. The lowest BCUT2D eigenvalue weighted by molar-refractivity contribution is -0.115. The highest BCUT2D eigenvalue weighted by Crippen LogP contribution is 2.21. The molecule has 0 spiro atoms. The van der Waals surface area contributed by atoms with Crippen LogP contribution in [0.5, 0.6) is 0 Å². The van der Waals surface area contributed by atoms with Gasteiger partial charge in [0, 0.05) is 22.7 Å². The topological polar surface area (TPSA) is 64.9 Å². The Morgan fingerprint density at radius 3 is 3.14 bits per heavy atom. The molecule has 1 aromatic rings. The van der Waals surface area contributed by atoms with Crippen LogP contribution in [0.1, 0.15) is 24.5 Å². The van der Waals surface area contributed by atoms with E-state index in [0.717, 1.165) is 38.7 Å². The van der Waals surface area contributed by atoms with Crippen molar-refractivity contribution in [1.82, 2.24) is 10.2 Å². The van der Waals surface area contributed by atoms with Gasteiger partial charge < -0.3 is 10.5 Å². The monoisotopic (exact) mass is 401 g/mol. The number of aryl methyl sites for hydroxylation is 1. The lowest BCUT2D eigenvalue weighted by Gasteiger charge is -2.24. The van der Waals surface area contributed by atoms with Crippen molar-refractivity contribution in [2.45, 2.75) is 32.4 Å². The molecule has 2 N–H and O–H groups in total. The summed E-state index contributed by atoms with van der Waals surface area (Å²) in [5, 5.41) is 13.9. The Morgan fingerprint density at radius 2 is 2.38 bits per heavy atom. The third-order valence-electron chi connectivity index (χ3n) is 3.58. The van der Waals surface area contributed by atoms with E-state index in [-0.39, 0.29) is 11.9 Å². The molecule has 0 saturated heterocycles. The van der Waals surface area contributed by atoms with Gasteiger partial charge in [-0.05, 0) is 72.2 Å². The fraction of sp³-hybridized carbons (Fsp3) is 0.467. The lowest BCUT2D eigenvalue weighted by Crippen LogP contribution is -2.42. The summed E-state index contributed by atoms with van der Waals surface area (Å²) in [4.78, 5) is 13.7. The standard InChI is InChI=1S/C15H20IN3O2/c1-11(18-15(20)8-17-21)9-19-6-2-3-12-4-5-14(16)7-13(12)10-19/h4-5,7-8,11,21H,2-3,6,9-10H2,1H3,(H,18,20)/b17-8-/t11-/m0/s1. The molecule has 21 heavy (non-hydrogen) atoms. The van der Waals surface area contributed by atoms with Crippen LogP contribution in [0.2, 0.25) is 0 Å². The number of halogens is 1. The second-order valence-corrected chi connectivity index (χ2v) is 6.65. The van der Waals surface area contributed by atoms with E-state index in [1.807, 2.05) is 6.92 Å². The van der Waals surface area contributed by atoms with Crippen LogP contribution in [0.3, 0.4) is 0 Å². The predicted molar refractivity (Wildman–Crippen MR) is 90.6 cm³/mol. The van der Waals surface area contributed by atoms with E-state index in [1.165, 1.54) is 14.7 Å². The van der Waals surface area contributed by atoms with Gasteiger partial charge in [0.25, 0.3) is 5.91 Å². The van der Waals surface area contributed by atoms with Crippen LogP contribution in [0.4, 0.5) is 0 Å². The van der Waals surface area contributed by atoms with Crippen LogP contribution in [0.25, 0.3) is 0 Å². The van der Waals surface area contributed by atoms with Gasteiger partial charge in [0.05, 0.1) is 0 Å². The highest BCUT2D eigenvalue weighted by atomic mass is 127. The first-order valence-electron chi connectivity index (χ1n) is 7.06. The van der Waals surface area contributed by atoms with E-state index in [4.69, 9.17) is 5.21 Å². The first-order chi connectivity index (χ1) is 10.1. The average molecular weight is 401 g/mol.